The standard InChI is InChI=1S/C25H29BrN2O4/c1-5-27(6-2)13-14-28-22(17-7-10-19(26)11-8-17)21(24(30)25(28)31)23(29)18-9-12-20(32-4)16(3)15-18/h7-12,15,22,29H,5-6,13-14H2,1-4H3/b23-21+/t22-/m1/s1. The zero-order valence-electron chi connectivity index (χ0n) is 18.9. The van der Waals surface area contributed by atoms with Crippen molar-refractivity contribution in [3.05, 3.63) is 69.2 Å². The number of aliphatic hydroxyl groups is 1. The molecule has 0 aromatic heterocycles. The first kappa shape index (κ1) is 24.0. The molecule has 0 bridgehead atoms. The third-order valence-electron chi connectivity index (χ3n) is 5.95. The zero-order valence-corrected chi connectivity index (χ0v) is 20.5. The smallest absolute Gasteiger partial charge is 0.295 e. The third-order valence-corrected chi connectivity index (χ3v) is 6.47. The van der Waals surface area contributed by atoms with E-state index in [1.165, 1.54) is 0 Å². The molecule has 0 unspecified atom stereocenters. The number of benzene rings is 2. The lowest BCUT2D eigenvalue weighted by molar-refractivity contribution is -0.140. The summed E-state index contributed by atoms with van der Waals surface area (Å²) < 4.78 is 6.20. The number of methoxy groups -OCH3 is 1. The molecule has 32 heavy (non-hydrogen) atoms. The quantitative estimate of drug-likeness (QED) is 0.327. The third kappa shape index (κ3) is 4.74. The van der Waals surface area contributed by atoms with Gasteiger partial charge in [0.05, 0.1) is 18.7 Å². The van der Waals surface area contributed by atoms with Gasteiger partial charge in [-0.2, -0.15) is 0 Å². The highest BCUT2D eigenvalue weighted by atomic mass is 79.9. The number of nitrogens with zero attached hydrogens (tertiary/aromatic N) is 2. The minimum Gasteiger partial charge on any atom is -0.507 e. The normalized spacial score (nSPS) is 17.9. The van der Waals surface area contributed by atoms with E-state index in [4.69, 9.17) is 4.74 Å². The van der Waals surface area contributed by atoms with Gasteiger partial charge in [-0.1, -0.05) is 41.9 Å². The van der Waals surface area contributed by atoms with E-state index in [0.29, 0.717) is 24.4 Å². The van der Waals surface area contributed by atoms with Crippen molar-refractivity contribution in [1.29, 1.82) is 0 Å². The number of aliphatic hydroxyl groups excluding tert-OH is 1. The number of hydrogen-bond donors (Lipinski definition) is 1. The number of hydrogen-bond acceptors (Lipinski definition) is 5. The first-order valence-electron chi connectivity index (χ1n) is 10.7. The first-order valence-corrected chi connectivity index (χ1v) is 11.5. The average Bonchev–Trinajstić information content (AvgIpc) is 3.04. The lowest BCUT2D eigenvalue weighted by atomic mass is 9.95. The minimum atomic E-state index is -0.663. The van der Waals surface area contributed by atoms with Gasteiger partial charge in [0.25, 0.3) is 11.7 Å². The van der Waals surface area contributed by atoms with Crippen molar-refractivity contribution in [2.75, 3.05) is 33.3 Å². The highest BCUT2D eigenvalue weighted by Gasteiger charge is 2.45. The Morgan fingerprint density at radius 1 is 1.12 bits per heavy atom. The molecule has 1 N–H and O–H groups in total. The highest BCUT2D eigenvalue weighted by Crippen LogP contribution is 2.40. The van der Waals surface area contributed by atoms with E-state index in [0.717, 1.165) is 28.7 Å². The molecule has 0 radical (unpaired) electrons. The average molecular weight is 501 g/mol. The second-order valence-electron chi connectivity index (χ2n) is 7.76. The van der Waals surface area contributed by atoms with Gasteiger partial charge in [-0.3, -0.25) is 9.59 Å². The molecule has 3 rings (SSSR count). The fourth-order valence-corrected chi connectivity index (χ4v) is 4.34. The summed E-state index contributed by atoms with van der Waals surface area (Å²) in [7, 11) is 1.58. The van der Waals surface area contributed by atoms with Gasteiger partial charge < -0.3 is 19.6 Å². The summed E-state index contributed by atoms with van der Waals surface area (Å²) in [6.45, 7) is 8.75. The number of aryl methyl sites for hydroxylation is 1. The summed E-state index contributed by atoms with van der Waals surface area (Å²) in [5.74, 6) is -0.738. The maximum absolute atomic E-state index is 13.1. The monoisotopic (exact) mass is 500 g/mol. The number of Topliss-reactive ketones (excluding diaryl/α,β-unsaturated/α-hetero) is 1. The number of halogens is 1. The SMILES string of the molecule is CCN(CC)CCN1C(=O)C(=O)/C(=C(/O)c2ccc(OC)c(C)c2)[C@H]1c1ccc(Br)cc1. The van der Waals surface area contributed by atoms with Crippen LogP contribution in [0.3, 0.4) is 0 Å². The molecule has 1 amide bonds. The van der Waals surface area contributed by atoms with Gasteiger partial charge in [-0.15, -0.1) is 0 Å². The Morgan fingerprint density at radius 3 is 2.34 bits per heavy atom. The van der Waals surface area contributed by atoms with Crippen LogP contribution >= 0.6 is 15.9 Å². The molecule has 1 heterocycles. The van der Waals surface area contributed by atoms with Crippen molar-refractivity contribution in [3.63, 3.8) is 0 Å². The molecule has 170 valence electrons. The predicted octanol–water partition coefficient (Wildman–Crippen LogP) is 4.53. The second-order valence-corrected chi connectivity index (χ2v) is 8.67. The summed E-state index contributed by atoms with van der Waals surface area (Å²) >= 11 is 3.44. The van der Waals surface area contributed by atoms with Crippen LogP contribution in [0.15, 0.2) is 52.5 Å². The molecule has 1 fully saturated rings. The number of amides is 1. The summed E-state index contributed by atoms with van der Waals surface area (Å²) in [5, 5.41) is 11.2. The van der Waals surface area contributed by atoms with Gasteiger partial charge in [0.2, 0.25) is 0 Å². The summed E-state index contributed by atoms with van der Waals surface area (Å²) in [5.41, 5.74) is 2.19. The lowest BCUT2D eigenvalue weighted by Crippen LogP contribution is -2.38. The van der Waals surface area contributed by atoms with Crippen molar-refractivity contribution in [1.82, 2.24) is 9.80 Å². The summed E-state index contributed by atoms with van der Waals surface area (Å²) in [4.78, 5) is 29.9. The van der Waals surface area contributed by atoms with Gasteiger partial charge in [-0.25, -0.2) is 0 Å². The Balaban J connectivity index is 2.10. The largest absolute Gasteiger partial charge is 0.507 e. The van der Waals surface area contributed by atoms with Gasteiger partial charge >= 0.3 is 0 Å². The van der Waals surface area contributed by atoms with E-state index in [1.54, 1.807) is 30.2 Å². The molecule has 0 aliphatic carbocycles. The molecular weight excluding hydrogens is 472 g/mol. The van der Waals surface area contributed by atoms with Crippen LogP contribution in [0.4, 0.5) is 0 Å². The van der Waals surface area contributed by atoms with Crippen LogP contribution in [-0.2, 0) is 9.59 Å². The fourth-order valence-electron chi connectivity index (χ4n) is 4.07. The molecule has 6 nitrogen and oxygen atoms in total. The van der Waals surface area contributed by atoms with Crippen molar-refractivity contribution in [3.8, 4) is 5.75 Å². The van der Waals surface area contributed by atoms with Crippen LogP contribution in [0.5, 0.6) is 5.75 Å². The second kappa shape index (κ2) is 10.3. The van der Waals surface area contributed by atoms with E-state index in [-0.39, 0.29) is 11.3 Å². The Hall–Kier alpha value is -2.64. The molecule has 2 aromatic rings. The van der Waals surface area contributed by atoms with E-state index in [1.807, 2.05) is 31.2 Å². The number of likely N-dealkylation sites (tertiary alicyclic amines) is 1. The van der Waals surface area contributed by atoms with Crippen LogP contribution < -0.4 is 4.74 Å². The molecule has 0 spiro atoms. The molecule has 7 heteroatoms. The van der Waals surface area contributed by atoms with E-state index in [2.05, 4.69) is 34.7 Å². The Kier molecular flexibility index (Phi) is 7.74. The van der Waals surface area contributed by atoms with Gasteiger partial charge in [0.1, 0.15) is 11.5 Å². The fraction of sp³-hybridized carbons (Fsp3) is 0.360. The van der Waals surface area contributed by atoms with Crippen molar-refractivity contribution in [2.45, 2.75) is 26.8 Å². The van der Waals surface area contributed by atoms with Crippen molar-refractivity contribution >= 4 is 33.4 Å². The molecule has 1 saturated heterocycles. The van der Waals surface area contributed by atoms with Crippen LogP contribution in [0, 0.1) is 6.92 Å². The number of likely N-dealkylation sites (N-methyl/N-ethyl adjacent to an activating group) is 1. The van der Waals surface area contributed by atoms with E-state index >= 15 is 0 Å². The number of ketones is 1. The minimum absolute atomic E-state index is 0.112. The Labute approximate surface area is 197 Å². The van der Waals surface area contributed by atoms with Crippen LogP contribution in [-0.4, -0.2) is 59.9 Å². The van der Waals surface area contributed by atoms with Gasteiger partial charge in [0, 0.05) is 23.1 Å². The topological polar surface area (TPSA) is 70.1 Å². The van der Waals surface area contributed by atoms with E-state index < -0.39 is 17.7 Å². The molecule has 2 aromatic carbocycles. The number of ether oxygens (including phenoxy) is 1. The number of rotatable bonds is 8. The predicted molar refractivity (Wildman–Crippen MR) is 129 cm³/mol. The van der Waals surface area contributed by atoms with Gasteiger partial charge in [-0.05, 0) is 61.5 Å². The zero-order chi connectivity index (χ0) is 23.4. The summed E-state index contributed by atoms with van der Waals surface area (Å²) in [6, 6.07) is 12.0. The van der Waals surface area contributed by atoms with Crippen LogP contribution in [0.2, 0.25) is 0 Å². The molecule has 1 aliphatic heterocycles. The Bertz CT molecular complexity index is 1030. The lowest BCUT2D eigenvalue weighted by Gasteiger charge is -2.28. The summed E-state index contributed by atoms with van der Waals surface area (Å²) in [6.07, 6.45) is 0. The molecule has 0 saturated carbocycles. The van der Waals surface area contributed by atoms with Crippen LogP contribution in [0.1, 0.15) is 36.6 Å². The maximum atomic E-state index is 13.1. The number of carbonyl (C=O) groups is 2. The van der Waals surface area contributed by atoms with E-state index in [9.17, 15) is 14.7 Å². The molecule has 1 aliphatic rings. The van der Waals surface area contributed by atoms with Crippen molar-refractivity contribution < 1.29 is 19.4 Å². The highest BCUT2D eigenvalue weighted by molar-refractivity contribution is 9.10. The first-order chi connectivity index (χ1) is 15.3. The maximum Gasteiger partial charge on any atom is 0.295 e. The Morgan fingerprint density at radius 2 is 1.78 bits per heavy atom. The van der Waals surface area contributed by atoms with Crippen molar-refractivity contribution in [2.24, 2.45) is 0 Å². The van der Waals surface area contributed by atoms with Crippen LogP contribution in [0.25, 0.3) is 5.76 Å². The number of carbonyl (C=O) groups excluding carboxylic acids is 2. The molecule has 1 atom stereocenters. The van der Waals surface area contributed by atoms with Gasteiger partial charge in [0.15, 0.2) is 0 Å². The molecular formula is C25H29BrN2O4.